The van der Waals surface area contributed by atoms with Crippen molar-refractivity contribution in [1.82, 2.24) is 29.8 Å². The number of rotatable bonds is 13. The fourth-order valence-corrected chi connectivity index (χ4v) is 8.35. The van der Waals surface area contributed by atoms with Crippen LogP contribution >= 0.6 is 0 Å². The lowest BCUT2D eigenvalue weighted by Gasteiger charge is -2.36. The van der Waals surface area contributed by atoms with Crippen molar-refractivity contribution >= 4 is 29.2 Å². The maximum absolute atomic E-state index is 13.0. The van der Waals surface area contributed by atoms with Crippen LogP contribution in [0, 0.1) is 0 Å². The number of benzene rings is 7. The minimum Gasteiger partial charge on any atom is -0.321 e. The van der Waals surface area contributed by atoms with E-state index in [2.05, 4.69) is 156 Å². The minimum atomic E-state index is -0.929. The van der Waals surface area contributed by atoms with Gasteiger partial charge in [0.05, 0.1) is 5.69 Å². The molecule has 286 valence electrons. The van der Waals surface area contributed by atoms with Crippen LogP contribution in [0.1, 0.15) is 63.2 Å². The average Bonchev–Trinajstić information content (AvgIpc) is 3.92. The molecule has 0 spiro atoms. The molecule has 0 N–H and O–H groups in total. The predicted octanol–water partition coefficient (Wildman–Crippen LogP) is 11.2. The Labute approximate surface area is 344 Å². The standard InChI is InChI=1S/C52H42N6O/c1-2-18-50-53-48(34-32-41-23-17-22-39-21-15-16-30-45(39)41)49(37-59)57(50)36-38-31-33-46(40-19-7-3-8-20-40)47(35-38)51-54-55-56-58(51)52(42-24-9-4-10-25-42,43-26-11-5-12-27-43)44-28-13-6-14-29-44/h3-17,19-35,37H,2,18,36H2,1H3/b34-32-. The Morgan fingerprint density at radius 2 is 1.24 bits per heavy atom. The van der Waals surface area contributed by atoms with Gasteiger partial charge in [-0.3, -0.25) is 4.79 Å². The third kappa shape index (κ3) is 6.97. The van der Waals surface area contributed by atoms with Crippen LogP contribution in [0.3, 0.4) is 0 Å². The molecule has 0 fully saturated rings. The van der Waals surface area contributed by atoms with Gasteiger partial charge in [0.2, 0.25) is 0 Å². The molecule has 0 aliphatic heterocycles. The van der Waals surface area contributed by atoms with Gasteiger partial charge in [0, 0.05) is 18.5 Å². The van der Waals surface area contributed by atoms with Crippen LogP contribution in [0.15, 0.2) is 182 Å². The van der Waals surface area contributed by atoms with Gasteiger partial charge in [-0.2, -0.15) is 0 Å². The molecular weight excluding hydrogens is 725 g/mol. The molecule has 0 aliphatic carbocycles. The topological polar surface area (TPSA) is 78.5 Å². The predicted molar refractivity (Wildman–Crippen MR) is 237 cm³/mol. The summed E-state index contributed by atoms with van der Waals surface area (Å²) in [5, 5.41) is 16.4. The van der Waals surface area contributed by atoms with Gasteiger partial charge in [0.1, 0.15) is 17.1 Å². The van der Waals surface area contributed by atoms with Gasteiger partial charge in [-0.05, 0) is 78.7 Å². The molecule has 0 saturated carbocycles. The Kier molecular flexibility index (Phi) is 10.4. The normalized spacial score (nSPS) is 11.7. The number of carbonyl (C=O) groups is 1. The molecule has 9 rings (SSSR count). The van der Waals surface area contributed by atoms with Crippen LogP contribution in [0.4, 0.5) is 0 Å². The highest BCUT2D eigenvalue weighted by Gasteiger charge is 2.42. The number of aromatic nitrogens is 6. The second-order valence-corrected chi connectivity index (χ2v) is 14.6. The van der Waals surface area contributed by atoms with Crippen molar-refractivity contribution in [3.63, 3.8) is 0 Å². The average molecular weight is 767 g/mol. The summed E-state index contributed by atoms with van der Waals surface area (Å²) in [7, 11) is 0. The van der Waals surface area contributed by atoms with Crippen LogP contribution < -0.4 is 0 Å². The smallest absolute Gasteiger partial charge is 0.184 e. The Morgan fingerprint density at radius 3 is 1.88 bits per heavy atom. The third-order valence-electron chi connectivity index (χ3n) is 11.1. The number of hydrogen-bond acceptors (Lipinski definition) is 5. The summed E-state index contributed by atoms with van der Waals surface area (Å²) in [5.41, 5.74) is 8.28. The van der Waals surface area contributed by atoms with E-state index in [-0.39, 0.29) is 0 Å². The van der Waals surface area contributed by atoms with Crippen molar-refractivity contribution < 1.29 is 4.79 Å². The van der Waals surface area contributed by atoms with E-state index in [4.69, 9.17) is 15.3 Å². The first-order valence-electron chi connectivity index (χ1n) is 20.0. The number of hydrogen-bond donors (Lipinski definition) is 0. The van der Waals surface area contributed by atoms with Gasteiger partial charge >= 0.3 is 0 Å². The Balaban J connectivity index is 1.21. The quantitative estimate of drug-likeness (QED) is 0.0862. The molecular formula is C52H42N6O. The van der Waals surface area contributed by atoms with E-state index < -0.39 is 5.54 Å². The van der Waals surface area contributed by atoms with E-state index in [1.165, 1.54) is 0 Å². The van der Waals surface area contributed by atoms with E-state index in [0.29, 0.717) is 23.8 Å². The van der Waals surface area contributed by atoms with Crippen LogP contribution in [0.5, 0.6) is 0 Å². The zero-order valence-corrected chi connectivity index (χ0v) is 32.8. The van der Waals surface area contributed by atoms with E-state index in [1.54, 1.807) is 0 Å². The van der Waals surface area contributed by atoms with Crippen molar-refractivity contribution in [3.8, 4) is 22.5 Å². The molecule has 0 atom stereocenters. The maximum atomic E-state index is 13.0. The first-order valence-corrected chi connectivity index (χ1v) is 20.0. The Bertz CT molecular complexity index is 2780. The zero-order valence-electron chi connectivity index (χ0n) is 32.8. The first-order chi connectivity index (χ1) is 29.2. The van der Waals surface area contributed by atoms with Crippen LogP contribution in [-0.2, 0) is 18.5 Å². The second-order valence-electron chi connectivity index (χ2n) is 14.6. The molecule has 0 bridgehead atoms. The number of fused-ring (bicyclic) bond motifs is 1. The van der Waals surface area contributed by atoms with Crippen LogP contribution in [0.25, 0.3) is 45.4 Å². The summed E-state index contributed by atoms with van der Waals surface area (Å²) in [4.78, 5) is 18.1. The largest absolute Gasteiger partial charge is 0.321 e. The summed E-state index contributed by atoms with van der Waals surface area (Å²) in [6.07, 6.45) is 6.57. The van der Waals surface area contributed by atoms with Crippen molar-refractivity contribution in [1.29, 1.82) is 0 Å². The minimum absolute atomic E-state index is 0.434. The lowest BCUT2D eigenvalue weighted by molar-refractivity contribution is 0.111. The molecule has 59 heavy (non-hydrogen) atoms. The van der Waals surface area contributed by atoms with Gasteiger partial charge in [0.15, 0.2) is 12.1 Å². The number of nitrogens with zero attached hydrogens (tertiary/aromatic N) is 6. The molecule has 0 radical (unpaired) electrons. The second kappa shape index (κ2) is 16.5. The summed E-state index contributed by atoms with van der Waals surface area (Å²) in [6, 6.07) is 62.7. The van der Waals surface area contributed by atoms with Gasteiger partial charge < -0.3 is 4.57 Å². The van der Waals surface area contributed by atoms with Crippen molar-refractivity contribution in [2.45, 2.75) is 31.8 Å². The highest BCUT2D eigenvalue weighted by Crippen LogP contribution is 2.43. The SMILES string of the molecule is CCCc1nc(/C=C\c2cccc3ccccc23)c(C=O)n1Cc1ccc(-c2ccccc2)c(-c2nnnn2C(c2ccccc2)(c2ccccc2)c2ccccc2)c1. The van der Waals surface area contributed by atoms with Crippen LogP contribution in [0.2, 0.25) is 0 Å². The summed E-state index contributed by atoms with van der Waals surface area (Å²) >= 11 is 0. The monoisotopic (exact) mass is 766 g/mol. The number of aryl methyl sites for hydroxylation is 1. The molecule has 0 amide bonds. The van der Waals surface area contributed by atoms with Gasteiger partial charge in [-0.1, -0.05) is 189 Å². The molecule has 7 aromatic carbocycles. The van der Waals surface area contributed by atoms with Crippen LogP contribution in [-0.4, -0.2) is 36.0 Å². The van der Waals surface area contributed by atoms with E-state index >= 15 is 0 Å². The molecule has 7 nitrogen and oxygen atoms in total. The number of carbonyl (C=O) groups excluding carboxylic acids is 1. The third-order valence-corrected chi connectivity index (χ3v) is 11.1. The van der Waals surface area contributed by atoms with E-state index in [0.717, 1.165) is 80.2 Å². The molecule has 7 heteroatoms. The highest BCUT2D eigenvalue weighted by molar-refractivity contribution is 5.93. The summed E-state index contributed by atoms with van der Waals surface area (Å²) < 4.78 is 4.04. The van der Waals surface area contributed by atoms with Gasteiger partial charge in [-0.15, -0.1) is 5.10 Å². The van der Waals surface area contributed by atoms with E-state index in [1.807, 2.05) is 59.3 Å². The lowest BCUT2D eigenvalue weighted by atomic mass is 9.77. The zero-order chi connectivity index (χ0) is 40.0. The Hall–Kier alpha value is -7.51. The molecule has 2 aromatic heterocycles. The number of tetrazole rings is 1. The summed E-state index contributed by atoms with van der Waals surface area (Å²) in [5.74, 6) is 1.47. The lowest BCUT2D eigenvalue weighted by Crippen LogP contribution is -2.39. The molecule has 0 aliphatic rings. The van der Waals surface area contributed by atoms with Crippen molar-refractivity contribution in [2.75, 3.05) is 0 Å². The van der Waals surface area contributed by atoms with Crippen molar-refractivity contribution in [3.05, 3.63) is 227 Å². The first kappa shape index (κ1) is 37.1. The fourth-order valence-electron chi connectivity index (χ4n) is 8.35. The number of aldehydes is 1. The van der Waals surface area contributed by atoms with Gasteiger partial charge in [0.25, 0.3) is 0 Å². The number of imidazole rings is 1. The molecule has 9 aromatic rings. The van der Waals surface area contributed by atoms with Gasteiger partial charge in [-0.25, -0.2) is 9.67 Å². The maximum Gasteiger partial charge on any atom is 0.184 e. The van der Waals surface area contributed by atoms with Crippen molar-refractivity contribution in [2.24, 2.45) is 0 Å². The fraction of sp³-hybridized carbons (Fsp3) is 0.0962. The molecule has 0 unspecified atom stereocenters. The summed E-state index contributed by atoms with van der Waals surface area (Å²) in [6.45, 7) is 2.57. The highest BCUT2D eigenvalue weighted by atomic mass is 16.1. The molecule has 0 saturated heterocycles. The van der Waals surface area contributed by atoms with E-state index in [9.17, 15) is 4.79 Å². The Morgan fingerprint density at radius 1 is 0.627 bits per heavy atom. The molecule has 2 heterocycles.